The molecule has 0 aliphatic heterocycles. The van der Waals surface area contributed by atoms with Gasteiger partial charge in [-0.15, -0.1) is 0 Å². The summed E-state index contributed by atoms with van der Waals surface area (Å²) in [6.45, 7) is -0.432. The number of halogens is 1. The van der Waals surface area contributed by atoms with Crippen LogP contribution in [-0.4, -0.2) is 35.9 Å². The lowest BCUT2D eigenvalue weighted by molar-refractivity contribution is -0.384. The summed E-state index contributed by atoms with van der Waals surface area (Å²) in [5.41, 5.74) is 0.447. The summed E-state index contributed by atoms with van der Waals surface area (Å²) in [5.74, 6) is 0. The number of nitrogens with zero attached hydrogens (tertiary/aromatic N) is 2. The Balaban J connectivity index is 2.39. The summed E-state index contributed by atoms with van der Waals surface area (Å²) in [6.07, 6.45) is 0. The summed E-state index contributed by atoms with van der Waals surface area (Å²) in [4.78, 5) is 9.85. The first kappa shape index (κ1) is 18.3. The molecule has 2 rings (SSSR count). The fourth-order valence-corrected chi connectivity index (χ4v) is 4.07. The molecule has 0 spiro atoms. The predicted octanol–water partition coefficient (Wildman–Crippen LogP) is 2.43. The minimum Gasteiger partial charge on any atom is -0.395 e. The molecule has 0 aromatic heterocycles. The molecule has 7 nitrogen and oxygen atoms in total. The van der Waals surface area contributed by atoms with Crippen molar-refractivity contribution in [2.75, 3.05) is 13.2 Å². The maximum Gasteiger partial charge on any atom is 0.271 e. The molecule has 0 heterocycles. The second kappa shape index (κ2) is 7.71. The van der Waals surface area contributed by atoms with Crippen LogP contribution in [0.25, 0.3) is 0 Å². The van der Waals surface area contributed by atoms with E-state index in [1.165, 1.54) is 0 Å². The highest BCUT2D eigenvalue weighted by molar-refractivity contribution is 7.89. The number of hydrogen-bond donors (Lipinski definition) is 1. The topological polar surface area (TPSA) is 101 Å². The molecule has 2 aromatic rings. The molecule has 0 amide bonds. The van der Waals surface area contributed by atoms with Gasteiger partial charge >= 0.3 is 0 Å². The summed E-state index contributed by atoms with van der Waals surface area (Å²) in [5, 5.41) is 19.7. The van der Waals surface area contributed by atoms with Crippen LogP contribution >= 0.6 is 11.6 Å². The average molecular weight is 371 g/mol. The Morgan fingerprint density at radius 1 is 1.17 bits per heavy atom. The van der Waals surface area contributed by atoms with E-state index in [0.717, 1.165) is 28.1 Å². The highest BCUT2D eigenvalue weighted by Crippen LogP contribution is 2.29. The van der Waals surface area contributed by atoms with E-state index in [-0.39, 0.29) is 35.3 Å². The van der Waals surface area contributed by atoms with Crippen LogP contribution in [-0.2, 0) is 16.6 Å². The molecule has 0 aliphatic carbocycles. The van der Waals surface area contributed by atoms with Crippen LogP contribution in [0.5, 0.6) is 0 Å². The van der Waals surface area contributed by atoms with Crippen LogP contribution in [0.3, 0.4) is 0 Å². The number of nitro benzene ring substituents is 1. The van der Waals surface area contributed by atoms with E-state index in [1.807, 2.05) is 6.07 Å². The molecule has 24 heavy (non-hydrogen) atoms. The lowest BCUT2D eigenvalue weighted by atomic mass is 10.2. The van der Waals surface area contributed by atoms with E-state index in [1.54, 1.807) is 24.3 Å². The fraction of sp³-hybridized carbons (Fsp3) is 0.200. The zero-order chi connectivity index (χ0) is 17.7. The zero-order valence-corrected chi connectivity index (χ0v) is 14.1. The Bertz CT molecular complexity index is 827. The van der Waals surface area contributed by atoms with Gasteiger partial charge in [-0.05, 0) is 11.6 Å². The monoisotopic (exact) mass is 370 g/mol. The standard InChI is InChI=1S/C15H15ClN2O5S/c16-14-10-13(18(20)21)6-7-15(14)24(22,23)17(8-9-19)11-12-4-2-1-3-5-12/h1-7,10,19H,8-9,11H2. The summed E-state index contributed by atoms with van der Waals surface area (Å²) in [7, 11) is -4.02. The Morgan fingerprint density at radius 3 is 2.38 bits per heavy atom. The lowest BCUT2D eigenvalue weighted by Gasteiger charge is -2.22. The van der Waals surface area contributed by atoms with E-state index in [4.69, 9.17) is 11.6 Å². The number of nitro groups is 1. The molecule has 0 fully saturated rings. The van der Waals surface area contributed by atoms with Gasteiger partial charge < -0.3 is 5.11 Å². The normalized spacial score (nSPS) is 11.6. The molecule has 128 valence electrons. The second-order valence-electron chi connectivity index (χ2n) is 4.92. The Labute approximate surface area is 144 Å². The number of aliphatic hydroxyl groups excluding tert-OH is 1. The summed E-state index contributed by atoms with van der Waals surface area (Å²) in [6, 6.07) is 12.1. The van der Waals surface area contributed by atoms with Gasteiger partial charge in [-0.3, -0.25) is 10.1 Å². The molecule has 2 aromatic carbocycles. The van der Waals surface area contributed by atoms with Gasteiger partial charge in [0.05, 0.1) is 16.6 Å². The van der Waals surface area contributed by atoms with Crippen LogP contribution in [0.1, 0.15) is 5.56 Å². The van der Waals surface area contributed by atoms with Crippen molar-refractivity contribution in [1.29, 1.82) is 0 Å². The number of hydrogen-bond acceptors (Lipinski definition) is 5. The molecule has 0 radical (unpaired) electrons. The third-order valence-electron chi connectivity index (χ3n) is 3.30. The molecule has 0 saturated heterocycles. The van der Waals surface area contributed by atoms with Gasteiger partial charge in [-0.2, -0.15) is 4.31 Å². The van der Waals surface area contributed by atoms with Gasteiger partial charge in [0.1, 0.15) is 4.90 Å². The second-order valence-corrected chi connectivity index (χ2v) is 7.23. The van der Waals surface area contributed by atoms with Crippen molar-refractivity contribution < 1.29 is 18.4 Å². The molecule has 1 N–H and O–H groups in total. The molecule has 9 heteroatoms. The molecule has 0 saturated carbocycles. The van der Waals surface area contributed by atoms with Crippen LogP contribution in [0.15, 0.2) is 53.4 Å². The fourth-order valence-electron chi connectivity index (χ4n) is 2.13. The average Bonchev–Trinajstić information content (AvgIpc) is 2.55. The van der Waals surface area contributed by atoms with Crippen LogP contribution in [0, 0.1) is 10.1 Å². The van der Waals surface area contributed by atoms with E-state index in [9.17, 15) is 23.6 Å². The molecule has 0 atom stereocenters. The maximum absolute atomic E-state index is 12.8. The van der Waals surface area contributed by atoms with Gasteiger partial charge in [0.25, 0.3) is 5.69 Å². The molecule has 0 bridgehead atoms. The van der Waals surface area contributed by atoms with E-state index < -0.39 is 14.9 Å². The number of rotatable bonds is 7. The third kappa shape index (κ3) is 4.09. The first-order valence-corrected chi connectivity index (χ1v) is 8.77. The molecular weight excluding hydrogens is 356 g/mol. The van der Waals surface area contributed by atoms with Crippen molar-refractivity contribution in [3.8, 4) is 0 Å². The quantitative estimate of drug-likeness (QED) is 0.595. The molecule has 0 aliphatic rings. The zero-order valence-electron chi connectivity index (χ0n) is 12.5. The van der Waals surface area contributed by atoms with Crippen molar-refractivity contribution in [2.24, 2.45) is 0 Å². The van der Waals surface area contributed by atoms with Crippen LogP contribution in [0.2, 0.25) is 5.02 Å². The predicted molar refractivity (Wildman–Crippen MR) is 89.2 cm³/mol. The SMILES string of the molecule is O=[N+]([O-])c1ccc(S(=O)(=O)N(CCO)Cc2ccccc2)c(Cl)c1. The molecular formula is C15H15ClN2O5S. The number of benzene rings is 2. The van der Waals surface area contributed by atoms with Crippen molar-refractivity contribution in [3.05, 3.63) is 69.2 Å². The Hall–Kier alpha value is -2.00. The minimum atomic E-state index is -4.02. The largest absolute Gasteiger partial charge is 0.395 e. The number of sulfonamides is 1. The van der Waals surface area contributed by atoms with E-state index in [2.05, 4.69) is 0 Å². The number of non-ortho nitro benzene ring substituents is 1. The van der Waals surface area contributed by atoms with Gasteiger partial charge in [-0.25, -0.2) is 8.42 Å². The smallest absolute Gasteiger partial charge is 0.271 e. The first-order chi connectivity index (χ1) is 11.4. The van der Waals surface area contributed by atoms with Gasteiger partial charge in [-0.1, -0.05) is 41.9 Å². The van der Waals surface area contributed by atoms with Crippen molar-refractivity contribution >= 4 is 27.3 Å². The number of aliphatic hydroxyl groups is 1. The Morgan fingerprint density at radius 2 is 1.83 bits per heavy atom. The highest BCUT2D eigenvalue weighted by Gasteiger charge is 2.27. The van der Waals surface area contributed by atoms with E-state index in [0.29, 0.717) is 0 Å². The van der Waals surface area contributed by atoms with Crippen molar-refractivity contribution in [1.82, 2.24) is 4.31 Å². The first-order valence-electron chi connectivity index (χ1n) is 6.95. The van der Waals surface area contributed by atoms with Crippen LogP contribution < -0.4 is 0 Å². The summed E-state index contributed by atoms with van der Waals surface area (Å²) >= 11 is 5.93. The van der Waals surface area contributed by atoms with Crippen molar-refractivity contribution in [3.63, 3.8) is 0 Å². The third-order valence-corrected chi connectivity index (χ3v) is 5.62. The Kier molecular flexibility index (Phi) is 5.89. The minimum absolute atomic E-state index is 0.0526. The lowest BCUT2D eigenvalue weighted by Crippen LogP contribution is -2.33. The highest BCUT2D eigenvalue weighted by atomic mass is 35.5. The summed E-state index contributed by atoms with van der Waals surface area (Å²) < 4.78 is 26.7. The van der Waals surface area contributed by atoms with Crippen LogP contribution in [0.4, 0.5) is 5.69 Å². The molecule has 0 unspecified atom stereocenters. The van der Waals surface area contributed by atoms with Gasteiger partial charge in [0, 0.05) is 25.2 Å². The van der Waals surface area contributed by atoms with Crippen molar-refractivity contribution in [2.45, 2.75) is 11.4 Å². The van der Waals surface area contributed by atoms with E-state index >= 15 is 0 Å². The maximum atomic E-state index is 12.8. The van der Waals surface area contributed by atoms with Gasteiger partial charge in [0.15, 0.2) is 0 Å². The van der Waals surface area contributed by atoms with Gasteiger partial charge in [0.2, 0.25) is 10.0 Å².